The van der Waals surface area contributed by atoms with E-state index in [1.807, 2.05) is 13.8 Å². The van der Waals surface area contributed by atoms with Crippen LogP contribution in [-0.2, 0) is 4.74 Å². The number of nitrogens with two attached hydrogens (primary N) is 1. The summed E-state index contributed by atoms with van der Waals surface area (Å²) in [6.07, 6.45) is 1.67. The van der Waals surface area contributed by atoms with Gasteiger partial charge >= 0.3 is 0 Å². The number of amides is 1. The van der Waals surface area contributed by atoms with Crippen molar-refractivity contribution in [2.75, 3.05) is 6.61 Å². The predicted molar refractivity (Wildman–Crippen MR) is 82.8 cm³/mol. The molecule has 1 fully saturated rings. The molecular weight excluding hydrogens is 272 g/mol. The average molecular weight is 292 g/mol. The minimum atomic E-state index is -0.175. The van der Waals surface area contributed by atoms with Crippen molar-refractivity contribution in [2.24, 2.45) is 5.73 Å². The Labute approximate surface area is 124 Å². The lowest BCUT2D eigenvalue weighted by Gasteiger charge is -2.35. The molecule has 1 atom stereocenters. The van der Waals surface area contributed by atoms with E-state index in [0.717, 1.165) is 18.4 Å². The Morgan fingerprint density at radius 3 is 2.50 bits per heavy atom. The molecule has 0 aliphatic carbocycles. The molecule has 1 aliphatic rings. The molecule has 0 saturated carbocycles. The van der Waals surface area contributed by atoms with Gasteiger partial charge in [-0.2, -0.15) is 0 Å². The molecular formula is C15H20N2O2S. The zero-order valence-corrected chi connectivity index (χ0v) is 12.6. The van der Waals surface area contributed by atoms with Crippen LogP contribution < -0.4 is 11.1 Å². The van der Waals surface area contributed by atoms with E-state index in [1.165, 1.54) is 0 Å². The van der Waals surface area contributed by atoms with Crippen LogP contribution in [0, 0.1) is 0 Å². The first kappa shape index (κ1) is 14.9. The smallest absolute Gasteiger partial charge is 0.251 e. The minimum absolute atomic E-state index is 0.0674. The summed E-state index contributed by atoms with van der Waals surface area (Å²) in [6, 6.07) is 7.18. The van der Waals surface area contributed by atoms with E-state index in [-0.39, 0.29) is 17.6 Å². The van der Waals surface area contributed by atoms with Crippen molar-refractivity contribution in [3.63, 3.8) is 0 Å². The predicted octanol–water partition coefficient (Wildman–Crippen LogP) is 2.01. The van der Waals surface area contributed by atoms with Gasteiger partial charge in [-0.3, -0.25) is 4.79 Å². The van der Waals surface area contributed by atoms with Gasteiger partial charge in [0.1, 0.15) is 4.99 Å². The lowest BCUT2D eigenvalue weighted by atomic mass is 9.93. The molecule has 0 bridgehead atoms. The number of nitrogens with one attached hydrogen (secondary N) is 1. The van der Waals surface area contributed by atoms with E-state index in [0.29, 0.717) is 17.2 Å². The van der Waals surface area contributed by atoms with Crippen LogP contribution in [0.2, 0.25) is 0 Å². The van der Waals surface area contributed by atoms with Gasteiger partial charge in [0.05, 0.1) is 5.60 Å². The Kier molecular flexibility index (Phi) is 4.40. The number of carbonyl (C=O) groups is 1. The van der Waals surface area contributed by atoms with E-state index < -0.39 is 0 Å². The number of rotatable bonds is 3. The van der Waals surface area contributed by atoms with Gasteiger partial charge in [0.2, 0.25) is 0 Å². The fourth-order valence-electron chi connectivity index (χ4n) is 2.41. The molecule has 1 unspecified atom stereocenters. The molecule has 1 aromatic carbocycles. The van der Waals surface area contributed by atoms with E-state index in [4.69, 9.17) is 22.7 Å². The summed E-state index contributed by atoms with van der Waals surface area (Å²) in [4.78, 5) is 12.5. The van der Waals surface area contributed by atoms with Gasteiger partial charge in [-0.25, -0.2) is 0 Å². The summed E-state index contributed by atoms with van der Waals surface area (Å²) in [5, 5.41) is 3.06. The van der Waals surface area contributed by atoms with Gasteiger partial charge in [0, 0.05) is 23.8 Å². The Morgan fingerprint density at radius 1 is 1.35 bits per heavy atom. The van der Waals surface area contributed by atoms with E-state index >= 15 is 0 Å². The second-order valence-corrected chi connectivity index (χ2v) is 6.15. The molecule has 1 saturated heterocycles. The van der Waals surface area contributed by atoms with Crippen LogP contribution >= 0.6 is 12.2 Å². The Bertz CT molecular complexity index is 511. The highest BCUT2D eigenvalue weighted by atomic mass is 32.1. The summed E-state index contributed by atoms with van der Waals surface area (Å²) in [5.74, 6) is -0.0674. The molecule has 1 aliphatic heterocycles. The van der Waals surface area contributed by atoms with Gasteiger partial charge in [-0.05, 0) is 38.8 Å². The number of carbonyl (C=O) groups excluding carboxylic acids is 1. The summed E-state index contributed by atoms with van der Waals surface area (Å²) in [5.41, 5.74) is 6.75. The van der Waals surface area contributed by atoms with Crippen LogP contribution in [0.5, 0.6) is 0 Å². The normalized spacial score (nSPS) is 21.2. The zero-order chi connectivity index (χ0) is 14.8. The van der Waals surface area contributed by atoms with Gasteiger partial charge < -0.3 is 15.8 Å². The molecule has 1 amide bonds. The zero-order valence-electron chi connectivity index (χ0n) is 11.8. The second kappa shape index (κ2) is 5.89. The van der Waals surface area contributed by atoms with E-state index in [9.17, 15) is 4.79 Å². The van der Waals surface area contributed by atoms with Gasteiger partial charge in [0.25, 0.3) is 5.91 Å². The lowest BCUT2D eigenvalue weighted by molar-refractivity contribution is -0.0615. The highest BCUT2D eigenvalue weighted by Crippen LogP contribution is 2.24. The molecule has 5 heteroatoms. The van der Waals surface area contributed by atoms with Gasteiger partial charge in [0.15, 0.2) is 0 Å². The van der Waals surface area contributed by atoms with Crippen LogP contribution in [0.1, 0.15) is 42.6 Å². The molecule has 108 valence electrons. The molecule has 4 nitrogen and oxygen atoms in total. The van der Waals surface area contributed by atoms with Crippen molar-refractivity contribution in [3.8, 4) is 0 Å². The molecule has 2 rings (SSSR count). The Balaban J connectivity index is 1.99. The third-order valence-electron chi connectivity index (χ3n) is 3.46. The monoisotopic (exact) mass is 292 g/mol. The van der Waals surface area contributed by atoms with Crippen LogP contribution in [0.4, 0.5) is 0 Å². The lowest BCUT2D eigenvalue weighted by Crippen LogP contribution is -2.45. The number of thiocarbonyl (C=S) groups is 1. The fraction of sp³-hybridized carbons (Fsp3) is 0.467. The van der Waals surface area contributed by atoms with Crippen LogP contribution in [-0.4, -0.2) is 29.1 Å². The van der Waals surface area contributed by atoms with E-state index in [2.05, 4.69) is 5.32 Å². The molecule has 1 heterocycles. The van der Waals surface area contributed by atoms with Crippen molar-refractivity contribution in [3.05, 3.63) is 35.4 Å². The molecule has 0 aromatic heterocycles. The largest absolute Gasteiger partial charge is 0.389 e. The van der Waals surface area contributed by atoms with Crippen molar-refractivity contribution in [1.29, 1.82) is 0 Å². The number of benzene rings is 1. The van der Waals surface area contributed by atoms with Crippen LogP contribution in [0.25, 0.3) is 0 Å². The first-order chi connectivity index (χ1) is 9.37. The van der Waals surface area contributed by atoms with Crippen LogP contribution in [0.3, 0.4) is 0 Å². The topological polar surface area (TPSA) is 64.4 Å². The summed E-state index contributed by atoms with van der Waals surface area (Å²) in [6.45, 7) is 4.77. The third kappa shape index (κ3) is 3.77. The molecule has 0 radical (unpaired) electrons. The standard InChI is InChI=1S/C15H20N2O2S/c1-15(2)9-12(7-8-19-15)17-14(18)11-5-3-10(4-6-11)13(16)20/h3-6,12H,7-9H2,1-2H3,(H2,16,20)(H,17,18). The first-order valence-corrected chi connectivity index (χ1v) is 7.13. The third-order valence-corrected chi connectivity index (χ3v) is 3.70. The maximum Gasteiger partial charge on any atom is 0.251 e. The Hall–Kier alpha value is -1.46. The van der Waals surface area contributed by atoms with E-state index in [1.54, 1.807) is 24.3 Å². The minimum Gasteiger partial charge on any atom is -0.389 e. The maximum absolute atomic E-state index is 12.2. The van der Waals surface area contributed by atoms with Crippen molar-refractivity contribution >= 4 is 23.1 Å². The summed E-state index contributed by atoms with van der Waals surface area (Å²) >= 11 is 4.89. The van der Waals surface area contributed by atoms with Gasteiger partial charge in [-0.15, -0.1) is 0 Å². The van der Waals surface area contributed by atoms with Crippen LogP contribution in [0.15, 0.2) is 24.3 Å². The summed E-state index contributed by atoms with van der Waals surface area (Å²) < 4.78 is 5.65. The Morgan fingerprint density at radius 2 is 1.95 bits per heavy atom. The van der Waals surface area contributed by atoms with Crippen molar-refractivity contribution in [2.45, 2.75) is 38.3 Å². The van der Waals surface area contributed by atoms with Crippen molar-refractivity contribution in [1.82, 2.24) is 5.32 Å². The molecule has 1 aromatic rings. The quantitative estimate of drug-likeness (QED) is 0.837. The SMILES string of the molecule is CC1(C)CC(NC(=O)c2ccc(C(N)=S)cc2)CCO1. The highest BCUT2D eigenvalue weighted by Gasteiger charge is 2.29. The molecule has 20 heavy (non-hydrogen) atoms. The summed E-state index contributed by atoms with van der Waals surface area (Å²) in [7, 11) is 0. The number of hydrogen-bond acceptors (Lipinski definition) is 3. The number of ether oxygens (including phenoxy) is 1. The fourth-order valence-corrected chi connectivity index (χ4v) is 2.55. The first-order valence-electron chi connectivity index (χ1n) is 6.72. The molecule has 3 N–H and O–H groups in total. The average Bonchev–Trinajstić information content (AvgIpc) is 2.37. The van der Waals surface area contributed by atoms with Crippen molar-refractivity contribution < 1.29 is 9.53 Å². The maximum atomic E-state index is 12.2. The highest BCUT2D eigenvalue weighted by molar-refractivity contribution is 7.80. The molecule has 0 spiro atoms. The number of hydrogen-bond donors (Lipinski definition) is 2. The second-order valence-electron chi connectivity index (χ2n) is 5.71. The van der Waals surface area contributed by atoms with Gasteiger partial charge in [-0.1, -0.05) is 24.4 Å².